The predicted molar refractivity (Wildman–Crippen MR) is 118 cm³/mol. The Bertz CT molecular complexity index is 1040. The fourth-order valence-electron chi connectivity index (χ4n) is 2.73. The van der Waals surface area contributed by atoms with E-state index >= 15 is 0 Å². The number of ether oxygens (including phenoxy) is 1. The average Bonchev–Trinajstić information content (AvgIpc) is 3.13. The maximum atomic E-state index is 12.6. The number of carbonyl (C=O) groups is 1. The summed E-state index contributed by atoms with van der Waals surface area (Å²) >= 11 is 3.11. The second kappa shape index (κ2) is 9.76. The molecule has 0 saturated carbocycles. The van der Waals surface area contributed by atoms with Crippen molar-refractivity contribution < 1.29 is 9.53 Å². The SMILES string of the molecule is CCc1ccc(NC(=O)Cn2cc(OC)c(=O)cc2CSc2nc(C)cs2)cc1. The summed E-state index contributed by atoms with van der Waals surface area (Å²) in [5.41, 5.74) is 3.47. The van der Waals surface area contributed by atoms with Crippen molar-refractivity contribution in [2.24, 2.45) is 0 Å². The molecule has 1 N–H and O–H groups in total. The van der Waals surface area contributed by atoms with Gasteiger partial charge < -0.3 is 14.6 Å². The molecule has 8 heteroatoms. The van der Waals surface area contributed by atoms with E-state index in [1.54, 1.807) is 33.9 Å². The molecule has 0 aliphatic heterocycles. The van der Waals surface area contributed by atoms with E-state index in [1.807, 2.05) is 36.6 Å². The Hall–Kier alpha value is -2.58. The van der Waals surface area contributed by atoms with Crippen LogP contribution in [-0.2, 0) is 23.5 Å². The molecule has 1 aromatic carbocycles. The van der Waals surface area contributed by atoms with Crippen LogP contribution in [0.2, 0.25) is 0 Å². The molecule has 0 spiro atoms. The molecule has 2 aromatic heterocycles. The number of thiazole rings is 1. The van der Waals surface area contributed by atoms with E-state index in [2.05, 4.69) is 17.2 Å². The zero-order valence-corrected chi connectivity index (χ0v) is 18.2. The zero-order valence-electron chi connectivity index (χ0n) is 16.6. The third-order valence-electron chi connectivity index (χ3n) is 4.30. The smallest absolute Gasteiger partial charge is 0.244 e. The van der Waals surface area contributed by atoms with Crippen molar-refractivity contribution in [2.75, 3.05) is 12.4 Å². The monoisotopic (exact) mass is 429 g/mol. The number of hydrogen-bond acceptors (Lipinski definition) is 6. The van der Waals surface area contributed by atoms with Crippen molar-refractivity contribution in [1.82, 2.24) is 9.55 Å². The largest absolute Gasteiger partial charge is 0.491 e. The highest BCUT2D eigenvalue weighted by atomic mass is 32.2. The molecule has 0 fully saturated rings. The molecular formula is C21H23N3O3S2. The summed E-state index contributed by atoms with van der Waals surface area (Å²) in [5, 5.41) is 4.89. The Kier molecular flexibility index (Phi) is 7.11. The number of hydrogen-bond donors (Lipinski definition) is 1. The van der Waals surface area contributed by atoms with Crippen LogP contribution >= 0.6 is 23.1 Å². The van der Waals surface area contributed by atoms with Gasteiger partial charge >= 0.3 is 0 Å². The highest BCUT2D eigenvalue weighted by Crippen LogP contribution is 2.26. The molecule has 6 nitrogen and oxygen atoms in total. The molecule has 1 amide bonds. The van der Waals surface area contributed by atoms with Gasteiger partial charge in [-0.15, -0.1) is 11.3 Å². The third kappa shape index (κ3) is 5.71. The Labute approximate surface area is 177 Å². The van der Waals surface area contributed by atoms with Crippen molar-refractivity contribution >= 4 is 34.7 Å². The predicted octanol–water partition coefficient (Wildman–Crippen LogP) is 4.12. The molecule has 0 atom stereocenters. The molecule has 0 saturated heterocycles. The van der Waals surface area contributed by atoms with Crippen molar-refractivity contribution in [1.29, 1.82) is 0 Å². The van der Waals surface area contributed by atoms with E-state index in [0.717, 1.165) is 27.8 Å². The van der Waals surface area contributed by atoms with Crippen LogP contribution < -0.4 is 15.5 Å². The van der Waals surface area contributed by atoms with Crippen LogP contribution in [0.5, 0.6) is 5.75 Å². The van der Waals surface area contributed by atoms with Crippen LogP contribution in [-0.4, -0.2) is 22.6 Å². The number of aromatic nitrogens is 2. The molecule has 2 heterocycles. The number of rotatable bonds is 8. The molecular weight excluding hydrogens is 406 g/mol. The van der Waals surface area contributed by atoms with Gasteiger partial charge in [-0.1, -0.05) is 30.8 Å². The van der Waals surface area contributed by atoms with E-state index in [1.165, 1.54) is 18.7 Å². The fourth-order valence-corrected chi connectivity index (χ4v) is 4.57. The van der Waals surface area contributed by atoms with Gasteiger partial charge in [0.1, 0.15) is 10.9 Å². The molecule has 152 valence electrons. The number of benzene rings is 1. The number of nitrogens with zero attached hydrogens (tertiary/aromatic N) is 2. The third-order valence-corrected chi connectivity index (χ3v) is 6.48. The van der Waals surface area contributed by atoms with Crippen LogP contribution in [0.1, 0.15) is 23.9 Å². The minimum atomic E-state index is -0.203. The van der Waals surface area contributed by atoms with Gasteiger partial charge in [0.05, 0.1) is 13.3 Å². The maximum Gasteiger partial charge on any atom is 0.244 e. The summed E-state index contributed by atoms with van der Waals surface area (Å²) < 4.78 is 7.83. The number of pyridine rings is 1. The number of aryl methyl sites for hydroxylation is 2. The van der Waals surface area contributed by atoms with E-state index in [4.69, 9.17) is 4.74 Å². The van der Waals surface area contributed by atoms with Gasteiger partial charge in [0, 0.05) is 34.3 Å². The minimum Gasteiger partial charge on any atom is -0.491 e. The van der Waals surface area contributed by atoms with Gasteiger partial charge in [-0.2, -0.15) is 0 Å². The number of amides is 1. The molecule has 0 radical (unpaired) electrons. The van der Waals surface area contributed by atoms with Gasteiger partial charge in [0.25, 0.3) is 0 Å². The highest BCUT2D eigenvalue weighted by molar-refractivity contribution is 8.00. The molecule has 3 rings (SSSR count). The standard InChI is InChI=1S/C21H23N3O3S2/c1-4-15-5-7-16(8-6-15)23-20(26)11-24-10-19(27-3)18(25)9-17(24)13-29-21-22-14(2)12-28-21/h5-10,12H,4,11,13H2,1-3H3,(H,23,26). The second-order valence-corrected chi connectivity index (χ2v) is 8.55. The lowest BCUT2D eigenvalue weighted by Crippen LogP contribution is -2.22. The molecule has 0 aliphatic rings. The molecule has 29 heavy (non-hydrogen) atoms. The van der Waals surface area contributed by atoms with Gasteiger partial charge in [-0.05, 0) is 31.0 Å². The Morgan fingerprint density at radius 3 is 2.69 bits per heavy atom. The summed E-state index contributed by atoms with van der Waals surface area (Å²) in [4.78, 5) is 29.2. The summed E-state index contributed by atoms with van der Waals surface area (Å²) in [6.07, 6.45) is 2.54. The van der Waals surface area contributed by atoms with Crippen molar-refractivity contribution in [3.05, 3.63) is 69.1 Å². The summed E-state index contributed by atoms with van der Waals surface area (Å²) in [5.74, 6) is 0.574. The summed E-state index contributed by atoms with van der Waals surface area (Å²) in [6.45, 7) is 4.12. The molecule has 0 unspecified atom stereocenters. The number of methoxy groups -OCH3 is 1. The average molecular weight is 430 g/mol. The van der Waals surface area contributed by atoms with Gasteiger partial charge in [-0.25, -0.2) is 4.98 Å². The number of nitrogens with one attached hydrogen (secondary N) is 1. The van der Waals surface area contributed by atoms with Crippen LogP contribution in [0.3, 0.4) is 0 Å². The Morgan fingerprint density at radius 2 is 2.07 bits per heavy atom. The van der Waals surface area contributed by atoms with Crippen molar-refractivity contribution in [3.63, 3.8) is 0 Å². The van der Waals surface area contributed by atoms with E-state index in [-0.39, 0.29) is 23.6 Å². The number of anilines is 1. The lowest BCUT2D eigenvalue weighted by molar-refractivity contribution is -0.116. The van der Waals surface area contributed by atoms with Crippen LogP contribution in [0.15, 0.2) is 51.0 Å². The first-order chi connectivity index (χ1) is 14.0. The van der Waals surface area contributed by atoms with Gasteiger partial charge in [0.2, 0.25) is 11.3 Å². The topological polar surface area (TPSA) is 73.2 Å². The van der Waals surface area contributed by atoms with E-state index < -0.39 is 0 Å². The van der Waals surface area contributed by atoms with Gasteiger partial charge in [-0.3, -0.25) is 9.59 Å². The Balaban J connectivity index is 1.76. The zero-order chi connectivity index (χ0) is 20.8. The summed E-state index contributed by atoms with van der Waals surface area (Å²) in [6, 6.07) is 9.30. The first-order valence-corrected chi connectivity index (χ1v) is 11.1. The second-order valence-electron chi connectivity index (χ2n) is 6.47. The fraction of sp³-hybridized carbons (Fsp3) is 0.286. The highest BCUT2D eigenvalue weighted by Gasteiger charge is 2.12. The Morgan fingerprint density at radius 1 is 1.31 bits per heavy atom. The lowest BCUT2D eigenvalue weighted by atomic mass is 10.1. The molecule has 0 bridgehead atoms. The first-order valence-electron chi connectivity index (χ1n) is 9.19. The maximum absolute atomic E-state index is 12.6. The van der Waals surface area contributed by atoms with Gasteiger partial charge in [0.15, 0.2) is 5.75 Å². The molecule has 3 aromatic rings. The van der Waals surface area contributed by atoms with Crippen molar-refractivity contribution in [2.45, 2.75) is 36.9 Å². The normalized spacial score (nSPS) is 10.7. The van der Waals surface area contributed by atoms with Crippen LogP contribution in [0.4, 0.5) is 5.69 Å². The molecule has 0 aliphatic carbocycles. The van der Waals surface area contributed by atoms with Crippen LogP contribution in [0, 0.1) is 6.92 Å². The summed E-state index contributed by atoms with van der Waals surface area (Å²) in [7, 11) is 1.45. The van der Waals surface area contributed by atoms with E-state index in [9.17, 15) is 9.59 Å². The number of thioether (sulfide) groups is 1. The first kappa shape index (κ1) is 21.1. The lowest BCUT2D eigenvalue weighted by Gasteiger charge is -2.14. The minimum absolute atomic E-state index is 0.0823. The number of carbonyl (C=O) groups excluding carboxylic acids is 1. The van der Waals surface area contributed by atoms with E-state index in [0.29, 0.717) is 5.75 Å². The van der Waals surface area contributed by atoms with Crippen LogP contribution in [0.25, 0.3) is 0 Å². The quantitative estimate of drug-likeness (QED) is 0.546. The van der Waals surface area contributed by atoms with Crippen molar-refractivity contribution in [3.8, 4) is 5.75 Å².